The Labute approximate surface area is 140 Å². The first-order valence-electron chi connectivity index (χ1n) is 8.06. The van der Waals surface area contributed by atoms with Crippen molar-refractivity contribution < 1.29 is 5.11 Å². The fraction of sp³-hybridized carbons (Fsp3) is 0.600. The number of aromatic nitrogens is 6. The summed E-state index contributed by atoms with van der Waals surface area (Å²) in [5.41, 5.74) is 0. The number of aliphatic hydroxyl groups excluding tert-OH is 1. The SMILES string of the molecule is Cc1ncnc(N2C(C)CN(c3ncnc(CCO)n3)CC2C)n1. The Bertz CT molecular complexity index is 685. The van der Waals surface area contributed by atoms with E-state index in [2.05, 4.69) is 53.6 Å². The molecule has 0 aromatic carbocycles. The zero-order chi connectivity index (χ0) is 17.1. The molecule has 1 saturated heterocycles. The molecule has 2 atom stereocenters. The molecule has 24 heavy (non-hydrogen) atoms. The zero-order valence-electron chi connectivity index (χ0n) is 14.2. The fourth-order valence-electron chi connectivity index (χ4n) is 3.06. The molecule has 0 amide bonds. The van der Waals surface area contributed by atoms with Crippen LogP contribution >= 0.6 is 0 Å². The standard InChI is InChI=1S/C15H22N8O/c1-10-6-22(14-18-9-17-13(21-14)4-5-24)7-11(2)23(10)15-19-8-16-12(3)20-15/h8-11,24H,4-7H2,1-3H3. The van der Waals surface area contributed by atoms with E-state index in [4.69, 9.17) is 5.11 Å². The van der Waals surface area contributed by atoms with Crippen molar-refractivity contribution in [2.45, 2.75) is 39.3 Å². The molecule has 9 nitrogen and oxygen atoms in total. The largest absolute Gasteiger partial charge is 0.396 e. The van der Waals surface area contributed by atoms with Crippen LogP contribution < -0.4 is 9.80 Å². The van der Waals surface area contributed by atoms with Crippen molar-refractivity contribution in [3.8, 4) is 0 Å². The lowest BCUT2D eigenvalue weighted by molar-refractivity contribution is 0.296. The molecule has 2 aromatic heterocycles. The van der Waals surface area contributed by atoms with Crippen molar-refractivity contribution in [1.82, 2.24) is 29.9 Å². The number of nitrogens with zero attached hydrogens (tertiary/aromatic N) is 8. The average Bonchev–Trinajstić information content (AvgIpc) is 2.55. The molecule has 9 heteroatoms. The maximum absolute atomic E-state index is 9.05. The summed E-state index contributed by atoms with van der Waals surface area (Å²) in [4.78, 5) is 30.0. The third kappa shape index (κ3) is 3.40. The van der Waals surface area contributed by atoms with Crippen molar-refractivity contribution in [2.75, 3.05) is 29.5 Å². The highest BCUT2D eigenvalue weighted by Crippen LogP contribution is 2.23. The van der Waals surface area contributed by atoms with Gasteiger partial charge in [-0.2, -0.15) is 9.97 Å². The molecule has 2 unspecified atom stereocenters. The van der Waals surface area contributed by atoms with Crippen LogP contribution in [-0.2, 0) is 6.42 Å². The van der Waals surface area contributed by atoms with E-state index in [0.717, 1.165) is 13.1 Å². The van der Waals surface area contributed by atoms with Gasteiger partial charge in [-0.05, 0) is 20.8 Å². The van der Waals surface area contributed by atoms with E-state index in [0.29, 0.717) is 30.0 Å². The molecule has 2 aromatic rings. The summed E-state index contributed by atoms with van der Waals surface area (Å²) in [5.74, 6) is 2.68. The zero-order valence-corrected chi connectivity index (χ0v) is 14.2. The van der Waals surface area contributed by atoms with Crippen molar-refractivity contribution >= 4 is 11.9 Å². The summed E-state index contributed by atoms with van der Waals surface area (Å²) in [7, 11) is 0. The van der Waals surface area contributed by atoms with Crippen molar-refractivity contribution in [1.29, 1.82) is 0 Å². The molecular weight excluding hydrogens is 308 g/mol. The van der Waals surface area contributed by atoms with Crippen LogP contribution in [0.25, 0.3) is 0 Å². The molecule has 0 saturated carbocycles. The van der Waals surface area contributed by atoms with Crippen LogP contribution in [0, 0.1) is 6.92 Å². The second-order valence-electron chi connectivity index (χ2n) is 6.02. The quantitative estimate of drug-likeness (QED) is 0.829. The summed E-state index contributed by atoms with van der Waals surface area (Å²) in [6.45, 7) is 7.69. The lowest BCUT2D eigenvalue weighted by atomic mass is 10.1. The highest BCUT2D eigenvalue weighted by Gasteiger charge is 2.32. The van der Waals surface area contributed by atoms with Crippen LogP contribution in [0.3, 0.4) is 0 Å². The van der Waals surface area contributed by atoms with E-state index in [-0.39, 0.29) is 18.7 Å². The predicted molar refractivity (Wildman–Crippen MR) is 88.8 cm³/mol. The first-order valence-corrected chi connectivity index (χ1v) is 8.06. The summed E-state index contributed by atoms with van der Waals surface area (Å²) >= 11 is 0. The second kappa shape index (κ2) is 7.00. The van der Waals surface area contributed by atoms with Crippen LogP contribution in [0.15, 0.2) is 12.7 Å². The number of piperazine rings is 1. The van der Waals surface area contributed by atoms with Crippen LogP contribution in [0.4, 0.5) is 11.9 Å². The van der Waals surface area contributed by atoms with Gasteiger partial charge in [0.15, 0.2) is 0 Å². The molecule has 1 fully saturated rings. The molecule has 3 heterocycles. The van der Waals surface area contributed by atoms with Crippen LogP contribution in [0.2, 0.25) is 0 Å². The molecule has 0 aliphatic carbocycles. The number of anilines is 2. The molecule has 1 aliphatic rings. The smallest absolute Gasteiger partial charge is 0.229 e. The normalized spacial score (nSPS) is 21.2. The van der Waals surface area contributed by atoms with Crippen molar-refractivity contribution in [3.05, 3.63) is 24.3 Å². The molecule has 3 rings (SSSR count). The summed E-state index contributed by atoms with van der Waals surface area (Å²) in [6.07, 6.45) is 3.49. The molecule has 128 valence electrons. The number of hydrogen-bond acceptors (Lipinski definition) is 9. The van der Waals surface area contributed by atoms with Gasteiger partial charge in [-0.25, -0.2) is 19.9 Å². The van der Waals surface area contributed by atoms with Crippen molar-refractivity contribution in [2.24, 2.45) is 0 Å². The minimum Gasteiger partial charge on any atom is -0.396 e. The van der Waals surface area contributed by atoms with Gasteiger partial charge in [0.1, 0.15) is 24.3 Å². The molecule has 0 spiro atoms. The van der Waals surface area contributed by atoms with Gasteiger partial charge in [0, 0.05) is 31.6 Å². The van der Waals surface area contributed by atoms with Gasteiger partial charge in [0.2, 0.25) is 11.9 Å². The lowest BCUT2D eigenvalue weighted by Crippen LogP contribution is -2.58. The topological polar surface area (TPSA) is 104 Å². The fourth-order valence-corrected chi connectivity index (χ4v) is 3.06. The van der Waals surface area contributed by atoms with Gasteiger partial charge in [-0.15, -0.1) is 0 Å². The van der Waals surface area contributed by atoms with Gasteiger partial charge in [0.05, 0.1) is 6.61 Å². The van der Waals surface area contributed by atoms with Gasteiger partial charge in [-0.1, -0.05) is 0 Å². The predicted octanol–water partition coefficient (Wildman–Crippen LogP) is 0.00342. The first kappa shape index (κ1) is 16.4. The Morgan fingerprint density at radius 2 is 1.67 bits per heavy atom. The molecule has 0 bridgehead atoms. The highest BCUT2D eigenvalue weighted by atomic mass is 16.3. The van der Waals surface area contributed by atoms with E-state index in [1.807, 2.05) is 6.92 Å². The maximum atomic E-state index is 9.05. The number of aryl methyl sites for hydroxylation is 1. The molecule has 0 radical (unpaired) electrons. The number of hydrogen-bond donors (Lipinski definition) is 1. The minimum atomic E-state index is 0.0305. The van der Waals surface area contributed by atoms with Crippen LogP contribution in [-0.4, -0.2) is 66.8 Å². The average molecular weight is 330 g/mol. The second-order valence-corrected chi connectivity index (χ2v) is 6.02. The summed E-state index contributed by atoms with van der Waals surface area (Å²) in [6, 6.07) is 0.405. The third-order valence-corrected chi connectivity index (χ3v) is 4.06. The van der Waals surface area contributed by atoms with E-state index in [1.54, 1.807) is 6.33 Å². The lowest BCUT2D eigenvalue weighted by Gasteiger charge is -2.44. The first-order chi connectivity index (χ1) is 11.6. The monoisotopic (exact) mass is 330 g/mol. The number of aliphatic hydroxyl groups is 1. The van der Waals surface area contributed by atoms with Gasteiger partial charge >= 0.3 is 0 Å². The Kier molecular flexibility index (Phi) is 4.79. The molecule has 1 N–H and O–H groups in total. The van der Waals surface area contributed by atoms with E-state index < -0.39 is 0 Å². The Morgan fingerprint density at radius 3 is 2.33 bits per heavy atom. The minimum absolute atomic E-state index is 0.0305. The molecule has 1 aliphatic heterocycles. The van der Waals surface area contributed by atoms with Gasteiger partial charge < -0.3 is 14.9 Å². The Morgan fingerprint density at radius 1 is 1.00 bits per heavy atom. The van der Waals surface area contributed by atoms with Crippen molar-refractivity contribution in [3.63, 3.8) is 0 Å². The summed E-state index contributed by atoms with van der Waals surface area (Å²) in [5, 5.41) is 9.05. The van der Waals surface area contributed by atoms with E-state index in [9.17, 15) is 0 Å². The van der Waals surface area contributed by atoms with Gasteiger partial charge in [-0.3, -0.25) is 0 Å². The van der Waals surface area contributed by atoms with Crippen LogP contribution in [0.1, 0.15) is 25.5 Å². The highest BCUT2D eigenvalue weighted by molar-refractivity contribution is 5.40. The van der Waals surface area contributed by atoms with E-state index >= 15 is 0 Å². The van der Waals surface area contributed by atoms with E-state index in [1.165, 1.54) is 6.33 Å². The summed E-state index contributed by atoms with van der Waals surface area (Å²) < 4.78 is 0. The maximum Gasteiger partial charge on any atom is 0.229 e. The third-order valence-electron chi connectivity index (χ3n) is 4.06. The Balaban J connectivity index is 1.79. The Hall–Kier alpha value is -2.42. The van der Waals surface area contributed by atoms with Crippen LogP contribution in [0.5, 0.6) is 0 Å². The van der Waals surface area contributed by atoms with Gasteiger partial charge in [0.25, 0.3) is 0 Å². The molecular formula is C15H22N8O. The number of rotatable bonds is 4.